The van der Waals surface area contributed by atoms with Crippen molar-refractivity contribution >= 4 is 28.8 Å². The van der Waals surface area contributed by atoms with E-state index in [4.69, 9.17) is 4.74 Å². The molecular formula is C26H31NO4S. The molecule has 2 heterocycles. The smallest absolute Gasteiger partial charge is 0.295 e. The molecule has 2 fully saturated rings. The van der Waals surface area contributed by atoms with Crippen LogP contribution in [0.3, 0.4) is 0 Å². The van der Waals surface area contributed by atoms with E-state index in [0.717, 1.165) is 47.4 Å². The number of ketones is 1. The summed E-state index contributed by atoms with van der Waals surface area (Å²) >= 11 is 1.53. The average molecular weight is 454 g/mol. The monoisotopic (exact) mass is 453 g/mol. The lowest BCUT2D eigenvalue weighted by Gasteiger charge is -2.30. The molecule has 1 N–H and O–H groups in total. The van der Waals surface area contributed by atoms with E-state index in [1.165, 1.54) is 11.3 Å². The van der Waals surface area contributed by atoms with Gasteiger partial charge < -0.3 is 14.7 Å². The van der Waals surface area contributed by atoms with Crippen molar-refractivity contribution in [2.45, 2.75) is 65.5 Å². The Morgan fingerprint density at radius 1 is 1.16 bits per heavy atom. The Morgan fingerprint density at radius 2 is 1.88 bits per heavy atom. The third-order valence-electron chi connectivity index (χ3n) is 6.37. The molecule has 2 aliphatic rings. The summed E-state index contributed by atoms with van der Waals surface area (Å²) < 4.78 is 5.85. The van der Waals surface area contributed by atoms with E-state index in [1.807, 2.05) is 37.4 Å². The molecule has 2 aromatic rings. The first kappa shape index (κ1) is 22.6. The van der Waals surface area contributed by atoms with Crippen molar-refractivity contribution in [3.05, 3.63) is 56.8 Å². The number of aryl methyl sites for hydroxylation is 2. The van der Waals surface area contributed by atoms with E-state index < -0.39 is 17.7 Å². The summed E-state index contributed by atoms with van der Waals surface area (Å²) in [7, 11) is 0. The van der Waals surface area contributed by atoms with Gasteiger partial charge in [-0.1, -0.05) is 26.7 Å². The topological polar surface area (TPSA) is 66.8 Å². The minimum atomic E-state index is -0.593. The second-order valence-corrected chi connectivity index (χ2v) is 10.2. The van der Waals surface area contributed by atoms with E-state index in [9.17, 15) is 14.7 Å². The number of rotatable bonds is 6. The van der Waals surface area contributed by atoms with Crippen LogP contribution in [0.5, 0.6) is 5.75 Å². The Hall–Kier alpha value is -2.60. The van der Waals surface area contributed by atoms with Crippen LogP contribution in [-0.4, -0.2) is 34.3 Å². The quantitative estimate of drug-likeness (QED) is 0.343. The summed E-state index contributed by atoms with van der Waals surface area (Å²) in [6, 6.07) is 6.92. The fourth-order valence-electron chi connectivity index (χ4n) is 4.70. The maximum Gasteiger partial charge on any atom is 0.295 e. The van der Waals surface area contributed by atoms with E-state index in [1.54, 1.807) is 11.0 Å². The van der Waals surface area contributed by atoms with Crippen molar-refractivity contribution in [3.8, 4) is 5.75 Å². The van der Waals surface area contributed by atoms with Crippen LogP contribution in [0.2, 0.25) is 0 Å². The Morgan fingerprint density at radius 3 is 2.47 bits per heavy atom. The standard InChI is InChI=1S/C26H31NO4S/c1-15(2)14-31-20-10-9-18(13-17(20)4)23(28)21-22(25-16(3)11-12-32-25)27(26(30)24(21)29)19-7-5-6-8-19/h9-13,15,19,22,28H,5-8,14H2,1-4H3/b23-21-. The van der Waals surface area contributed by atoms with Gasteiger partial charge in [0.1, 0.15) is 17.6 Å². The predicted molar refractivity (Wildman–Crippen MR) is 127 cm³/mol. The number of Topliss-reactive ketones (excluding diaryl/α,β-unsaturated/α-hetero) is 1. The average Bonchev–Trinajstić information content (AvgIpc) is 3.47. The number of hydrogen-bond acceptors (Lipinski definition) is 5. The fourth-order valence-corrected chi connectivity index (χ4v) is 5.73. The number of amides is 1. The molecule has 170 valence electrons. The minimum absolute atomic E-state index is 0.0387. The normalized spacial score (nSPS) is 21.2. The molecule has 32 heavy (non-hydrogen) atoms. The summed E-state index contributed by atoms with van der Waals surface area (Å²) in [6.07, 6.45) is 3.91. The summed E-state index contributed by atoms with van der Waals surface area (Å²) in [5, 5.41) is 13.3. The van der Waals surface area contributed by atoms with Gasteiger partial charge in [-0.05, 0) is 73.4 Å². The largest absolute Gasteiger partial charge is 0.507 e. The molecule has 1 aliphatic carbocycles. The van der Waals surface area contributed by atoms with Crippen molar-refractivity contribution in [1.29, 1.82) is 0 Å². The van der Waals surface area contributed by atoms with Crippen LogP contribution >= 0.6 is 11.3 Å². The second-order valence-electron chi connectivity index (χ2n) is 9.30. The number of carbonyl (C=O) groups is 2. The zero-order valence-corrected chi connectivity index (χ0v) is 20.0. The van der Waals surface area contributed by atoms with Crippen molar-refractivity contribution in [3.63, 3.8) is 0 Å². The minimum Gasteiger partial charge on any atom is -0.507 e. The van der Waals surface area contributed by atoms with Gasteiger partial charge in [-0.2, -0.15) is 0 Å². The fraction of sp³-hybridized carbons (Fsp3) is 0.462. The molecule has 1 saturated carbocycles. The number of hydrogen-bond donors (Lipinski definition) is 1. The molecule has 6 heteroatoms. The van der Waals surface area contributed by atoms with E-state index in [-0.39, 0.29) is 17.4 Å². The molecule has 0 radical (unpaired) electrons. The first-order chi connectivity index (χ1) is 15.3. The van der Waals surface area contributed by atoms with Gasteiger partial charge in [0.2, 0.25) is 0 Å². The summed E-state index contributed by atoms with van der Waals surface area (Å²) in [4.78, 5) is 29.0. The molecule has 4 rings (SSSR count). The molecule has 1 aromatic heterocycles. The predicted octanol–water partition coefficient (Wildman–Crippen LogP) is 5.76. The highest BCUT2D eigenvalue weighted by molar-refractivity contribution is 7.10. The van der Waals surface area contributed by atoms with Crippen LogP contribution in [0, 0.1) is 19.8 Å². The van der Waals surface area contributed by atoms with Crippen LogP contribution in [-0.2, 0) is 9.59 Å². The van der Waals surface area contributed by atoms with Gasteiger partial charge in [-0.25, -0.2) is 0 Å². The van der Waals surface area contributed by atoms with Crippen molar-refractivity contribution in [2.24, 2.45) is 5.92 Å². The highest BCUT2D eigenvalue weighted by Crippen LogP contribution is 2.46. The van der Waals surface area contributed by atoms with Gasteiger partial charge in [0.25, 0.3) is 11.7 Å². The van der Waals surface area contributed by atoms with E-state index in [2.05, 4.69) is 13.8 Å². The Balaban J connectivity index is 1.78. The molecule has 1 aromatic carbocycles. The number of aliphatic hydroxyl groups is 1. The Bertz CT molecular complexity index is 1060. The number of ether oxygens (including phenoxy) is 1. The maximum atomic E-state index is 13.2. The highest BCUT2D eigenvalue weighted by atomic mass is 32.1. The maximum absolute atomic E-state index is 13.2. The highest BCUT2D eigenvalue weighted by Gasteiger charge is 2.50. The van der Waals surface area contributed by atoms with Crippen LogP contribution in [0.1, 0.15) is 67.1 Å². The lowest BCUT2D eigenvalue weighted by Crippen LogP contribution is -2.37. The SMILES string of the molecule is Cc1cc(/C(O)=C2/C(=O)C(=O)N(C3CCCC3)C2c2sccc2C)ccc1OCC(C)C. The number of benzene rings is 1. The molecule has 1 atom stereocenters. The van der Waals surface area contributed by atoms with Crippen molar-refractivity contribution in [2.75, 3.05) is 6.61 Å². The molecule has 0 spiro atoms. The first-order valence-corrected chi connectivity index (χ1v) is 12.3. The zero-order chi connectivity index (χ0) is 23.0. The number of thiophene rings is 1. The van der Waals surface area contributed by atoms with Crippen LogP contribution in [0.4, 0.5) is 0 Å². The summed E-state index contributed by atoms with van der Waals surface area (Å²) in [5.74, 6) is -0.0367. The molecule has 1 amide bonds. The summed E-state index contributed by atoms with van der Waals surface area (Å²) in [5.41, 5.74) is 2.64. The van der Waals surface area contributed by atoms with Crippen molar-refractivity contribution < 1.29 is 19.4 Å². The Kier molecular flexibility index (Phi) is 6.42. The number of aliphatic hydroxyl groups excluding tert-OH is 1. The van der Waals surface area contributed by atoms with Gasteiger partial charge in [-0.3, -0.25) is 9.59 Å². The number of carbonyl (C=O) groups excluding carboxylic acids is 2. The van der Waals surface area contributed by atoms with E-state index in [0.29, 0.717) is 18.1 Å². The van der Waals surface area contributed by atoms with Gasteiger partial charge in [-0.15, -0.1) is 11.3 Å². The van der Waals surface area contributed by atoms with Crippen LogP contribution in [0.25, 0.3) is 5.76 Å². The lowest BCUT2D eigenvalue weighted by atomic mass is 9.97. The summed E-state index contributed by atoms with van der Waals surface area (Å²) in [6.45, 7) is 8.70. The number of likely N-dealkylation sites (tertiary alicyclic amines) is 1. The Labute approximate surface area is 193 Å². The van der Waals surface area contributed by atoms with Gasteiger partial charge in [0.05, 0.1) is 12.2 Å². The zero-order valence-electron chi connectivity index (χ0n) is 19.2. The second kappa shape index (κ2) is 9.10. The van der Waals surface area contributed by atoms with Crippen molar-refractivity contribution in [1.82, 2.24) is 4.90 Å². The molecule has 5 nitrogen and oxygen atoms in total. The van der Waals surface area contributed by atoms with E-state index >= 15 is 0 Å². The molecule has 1 saturated heterocycles. The van der Waals surface area contributed by atoms with Gasteiger partial charge >= 0.3 is 0 Å². The molecule has 0 bridgehead atoms. The lowest BCUT2D eigenvalue weighted by molar-refractivity contribution is -0.141. The van der Waals surface area contributed by atoms with Crippen LogP contribution < -0.4 is 4.74 Å². The van der Waals surface area contributed by atoms with Gasteiger partial charge in [0, 0.05) is 16.5 Å². The molecule has 1 unspecified atom stereocenters. The molecular weight excluding hydrogens is 422 g/mol. The third-order valence-corrected chi connectivity index (χ3v) is 7.44. The molecule has 1 aliphatic heterocycles. The van der Waals surface area contributed by atoms with Gasteiger partial charge in [0.15, 0.2) is 0 Å². The third kappa shape index (κ3) is 4.08. The van der Waals surface area contributed by atoms with Crippen LogP contribution in [0.15, 0.2) is 35.2 Å². The first-order valence-electron chi connectivity index (χ1n) is 11.4. The number of nitrogens with zero attached hydrogens (tertiary/aromatic N) is 1.